The summed E-state index contributed by atoms with van der Waals surface area (Å²) < 4.78 is 0. The van der Waals surface area contributed by atoms with E-state index in [0.29, 0.717) is 0 Å². The molecule has 2 aromatic carbocycles. The fraction of sp³-hybridized carbons (Fsp3) is 0.417. The number of fused-ring (bicyclic) bond motifs is 1. The monoisotopic (exact) mass is 376 g/mol. The number of aromatic nitrogens is 2. The summed E-state index contributed by atoms with van der Waals surface area (Å²) in [7, 11) is 0. The molecule has 0 radical (unpaired) electrons. The smallest absolute Gasteiger partial charge is 0.122 e. The number of imidazole rings is 1. The molecule has 0 aliphatic carbocycles. The highest BCUT2D eigenvalue weighted by Gasteiger charge is 2.40. The van der Waals surface area contributed by atoms with Gasteiger partial charge < -0.3 is 10.7 Å². The van der Waals surface area contributed by atoms with Crippen LogP contribution in [0.5, 0.6) is 0 Å². The molecular weight excluding hydrogens is 344 g/mol. The second-order valence-corrected chi connectivity index (χ2v) is 9.81. The van der Waals surface area contributed by atoms with Crippen molar-refractivity contribution >= 4 is 16.9 Å². The Hall–Kier alpha value is -2.62. The molecule has 0 aliphatic heterocycles. The van der Waals surface area contributed by atoms with E-state index in [1.165, 1.54) is 11.1 Å². The van der Waals surface area contributed by atoms with Gasteiger partial charge in [0.25, 0.3) is 0 Å². The van der Waals surface area contributed by atoms with Crippen LogP contribution in [0.1, 0.15) is 71.0 Å². The van der Waals surface area contributed by atoms with Crippen molar-refractivity contribution < 1.29 is 0 Å². The van der Waals surface area contributed by atoms with Crippen molar-refractivity contribution in [3.63, 3.8) is 0 Å². The van der Waals surface area contributed by atoms with Crippen molar-refractivity contribution in [1.82, 2.24) is 9.97 Å². The van der Waals surface area contributed by atoms with Crippen molar-refractivity contribution in [2.75, 3.05) is 0 Å². The molecule has 0 fully saturated rings. The van der Waals surface area contributed by atoms with E-state index < -0.39 is 0 Å². The number of aromatic amines is 1. The van der Waals surface area contributed by atoms with E-state index in [1.54, 1.807) is 0 Å². The van der Waals surface area contributed by atoms with Crippen molar-refractivity contribution in [1.29, 1.82) is 5.41 Å². The number of nitrogens with zero attached hydrogens (tertiary/aromatic N) is 1. The second-order valence-electron chi connectivity index (χ2n) is 9.81. The zero-order valence-electron chi connectivity index (χ0n) is 18.1. The number of benzene rings is 2. The van der Waals surface area contributed by atoms with Crippen molar-refractivity contribution in [2.45, 2.75) is 64.7 Å². The lowest BCUT2D eigenvalue weighted by Crippen LogP contribution is -2.40. The van der Waals surface area contributed by atoms with E-state index in [0.717, 1.165) is 22.4 Å². The fourth-order valence-corrected chi connectivity index (χ4v) is 3.55. The van der Waals surface area contributed by atoms with Crippen LogP contribution in [0.25, 0.3) is 11.0 Å². The van der Waals surface area contributed by atoms with Crippen LogP contribution < -0.4 is 5.73 Å². The first-order valence-corrected chi connectivity index (χ1v) is 9.80. The third kappa shape index (κ3) is 3.32. The van der Waals surface area contributed by atoms with E-state index in [-0.39, 0.29) is 22.1 Å². The molecule has 4 N–H and O–H groups in total. The molecule has 4 heteroatoms. The summed E-state index contributed by atoms with van der Waals surface area (Å²) in [6, 6.07) is 14.6. The third-order valence-electron chi connectivity index (χ3n) is 6.37. The Morgan fingerprint density at radius 1 is 0.893 bits per heavy atom. The SMILES string of the molecule is CC(C)(C)c1nc2cc(C(C)(C)C(C)(C)c3cccc(C(=N)N)c3)ccc2[nH]1. The Morgan fingerprint density at radius 3 is 2.07 bits per heavy atom. The minimum absolute atomic E-state index is 0.0128. The van der Waals surface area contributed by atoms with Crippen molar-refractivity contribution in [2.24, 2.45) is 5.73 Å². The minimum Gasteiger partial charge on any atom is -0.384 e. The molecule has 1 aromatic heterocycles. The molecule has 0 spiro atoms. The van der Waals surface area contributed by atoms with E-state index in [2.05, 4.69) is 77.7 Å². The largest absolute Gasteiger partial charge is 0.384 e. The maximum Gasteiger partial charge on any atom is 0.122 e. The quantitative estimate of drug-likeness (QED) is 0.421. The lowest BCUT2D eigenvalue weighted by Gasteiger charge is -2.43. The van der Waals surface area contributed by atoms with E-state index >= 15 is 0 Å². The molecule has 1 heterocycles. The van der Waals surface area contributed by atoms with Gasteiger partial charge in [-0.3, -0.25) is 5.41 Å². The molecule has 0 aliphatic rings. The zero-order chi connectivity index (χ0) is 20.9. The highest BCUT2D eigenvalue weighted by atomic mass is 14.9. The van der Waals surface area contributed by atoms with E-state index in [4.69, 9.17) is 16.1 Å². The van der Waals surface area contributed by atoms with Gasteiger partial charge in [0.05, 0.1) is 11.0 Å². The highest BCUT2D eigenvalue weighted by molar-refractivity contribution is 5.95. The van der Waals surface area contributed by atoms with E-state index in [9.17, 15) is 0 Å². The second kappa shape index (κ2) is 6.47. The number of rotatable bonds is 4. The van der Waals surface area contributed by atoms with Gasteiger partial charge in [-0.2, -0.15) is 0 Å². The normalized spacial score (nSPS) is 13.1. The Bertz CT molecular complexity index is 1030. The van der Waals surface area contributed by atoms with Crippen LogP contribution in [-0.4, -0.2) is 15.8 Å². The number of hydrogen-bond donors (Lipinski definition) is 3. The summed E-state index contributed by atoms with van der Waals surface area (Å²) in [4.78, 5) is 8.31. The topological polar surface area (TPSA) is 78.6 Å². The molecule has 28 heavy (non-hydrogen) atoms. The van der Waals surface area contributed by atoms with Crippen molar-refractivity contribution in [3.8, 4) is 0 Å². The summed E-state index contributed by atoms with van der Waals surface area (Å²) in [6.07, 6.45) is 0. The molecule has 0 unspecified atom stereocenters. The van der Waals surface area contributed by atoms with Gasteiger partial charge in [-0.1, -0.05) is 72.7 Å². The van der Waals surface area contributed by atoms with Crippen LogP contribution in [0.3, 0.4) is 0 Å². The molecule has 0 saturated carbocycles. The number of amidine groups is 1. The van der Waals surface area contributed by atoms with Gasteiger partial charge in [-0.15, -0.1) is 0 Å². The molecule has 3 aromatic rings. The Morgan fingerprint density at radius 2 is 1.50 bits per heavy atom. The fourth-order valence-electron chi connectivity index (χ4n) is 3.55. The Kier molecular flexibility index (Phi) is 4.65. The maximum absolute atomic E-state index is 7.77. The predicted octanol–water partition coefficient (Wildman–Crippen LogP) is 5.40. The summed E-state index contributed by atoms with van der Waals surface area (Å²) in [5.74, 6) is 1.11. The number of nitrogens with two attached hydrogens (primary N) is 1. The van der Waals surface area contributed by atoms with E-state index in [1.807, 2.05) is 18.2 Å². The lowest BCUT2D eigenvalue weighted by molar-refractivity contribution is 0.303. The molecule has 4 nitrogen and oxygen atoms in total. The van der Waals surface area contributed by atoms with Crippen LogP contribution in [0.2, 0.25) is 0 Å². The van der Waals surface area contributed by atoms with Gasteiger partial charge in [-0.25, -0.2) is 4.98 Å². The average Bonchev–Trinajstić information content (AvgIpc) is 3.05. The summed E-state index contributed by atoms with van der Waals surface area (Å²) in [5.41, 5.74) is 10.6. The Labute approximate surface area is 168 Å². The minimum atomic E-state index is -0.171. The predicted molar refractivity (Wildman–Crippen MR) is 118 cm³/mol. The molecule has 3 rings (SSSR count). The summed E-state index contributed by atoms with van der Waals surface area (Å²) in [6.45, 7) is 15.5. The first kappa shape index (κ1) is 20.1. The molecule has 0 saturated heterocycles. The van der Waals surface area contributed by atoms with Crippen LogP contribution in [0.15, 0.2) is 42.5 Å². The van der Waals surface area contributed by atoms with Crippen LogP contribution >= 0.6 is 0 Å². The number of H-pyrrole nitrogens is 1. The highest BCUT2D eigenvalue weighted by Crippen LogP contribution is 2.44. The van der Waals surface area contributed by atoms with Crippen LogP contribution in [-0.2, 0) is 16.2 Å². The average molecular weight is 377 g/mol. The standard InChI is InChI=1S/C24H32N4/c1-22(2,3)21-27-18-12-11-17(14-19(18)28-21)24(6,7)23(4,5)16-10-8-9-15(13-16)20(25)26/h8-14H,1-7H3,(H3,25,26)(H,27,28). The number of nitrogen functional groups attached to an aromatic ring is 1. The molecule has 0 amide bonds. The lowest BCUT2D eigenvalue weighted by atomic mass is 9.61. The molecule has 0 atom stereocenters. The van der Waals surface area contributed by atoms with Gasteiger partial charge in [0.2, 0.25) is 0 Å². The molecule has 0 bridgehead atoms. The number of nitrogens with one attached hydrogen (secondary N) is 2. The van der Waals surface area contributed by atoms with Gasteiger partial charge in [0.15, 0.2) is 0 Å². The van der Waals surface area contributed by atoms with Crippen LogP contribution in [0, 0.1) is 5.41 Å². The maximum atomic E-state index is 7.77. The zero-order valence-corrected chi connectivity index (χ0v) is 18.1. The van der Waals surface area contributed by atoms with Gasteiger partial charge >= 0.3 is 0 Å². The molecule has 148 valence electrons. The van der Waals surface area contributed by atoms with Crippen LogP contribution in [0.4, 0.5) is 0 Å². The van der Waals surface area contributed by atoms with Gasteiger partial charge in [0.1, 0.15) is 11.7 Å². The number of hydrogen-bond acceptors (Lipinski definition) is 2. The van der Waals surface area contributed by atoms with Gasteiger partial charge in [-0.05, 0) is 40.2 Å². The molecular formula is C24H32N4. The first-order valence-electron chi connectivity index (χ1n) is 9.80. The third-order valence-corrected chi connectivity index (χ3v) is 6.37. The summed E-state index contributed by atoms with van der Waals surface area (Å²) in [5, 5.41) is 7.77. The summed E-state index contributed by atoms with van der Waals surface area (Å²) >= 11 is 0. The first-order chi connectivity index (χ1) is 12.8. The Balaban J connectivity index is 2.08. The van der Waals surface area contributed by atoms with Crippen molar-refractivity contribution in [3.05, 3.63) is 65.0 Å². The van der Waals surface area contributed by atoms with Gasteiger partial charge in [0, 0.05) is 11.0 Å².